The van der Waals surface area contributed by atoms with E-state index in [4.69, 9.17) is 5.11 Å². The third-order valence-electron chi connectivity index (χ3n) is 3.63. The number of aryl methyl sites for hydroxylation is 2. The molecule has 8 heteroatoms. The van der Waals surface area contributed by atoms with Crippen molar-refractivity contribution in [2.75, 3.05) is 13.1 Å². The van der Waals surface area contributed by atoms with Crippen LogP contribution in [0, 0.1) is 25.7 Å². The molecule has 0 radical (unpaired) electrons. The first-order valence-electron chi connectivity index (χ1n) is 5.99. The highest BCUT2D eigenvalue weighted by Gasteiger charge is 2.42. The number of aliphatic carboxylic acids is 1. The zero-order chi connectivity index (χ0) is 14.4. The number of H-pyrrole nitrogens is 1. The number of aromatic nitrogens is 2. The van der Waals surface area contributed by atoms with E-state index < -0.39 is 21.9 Å². The van der Waals surface area contributed by atoms with Gasteiger partial charge in [-0.15, -0.1) is 0 Å². The lowest BCUT2D eigenvalue weighted by Gasteiger charge is -2.39. The van der Waals surface area contributed by atoms with Gasteiger partial charge < -0.3 is 5.11 Å². The van der Waals surface area contributed by atoms with Crippen LogP contribution in [0.3, 0.4) is 0 Å². The van der Waals surface area contributed by atoms with Gasteiger partial charge in [-0.05, 0) is 19.8 Å². The van der Waals surface area contributed by atoms with Gasteiger partial charge in [0.1, 0.15) is 4.90 Å². The molecule has 2 rings (SSSR count). The lowest BCUT2D eigenvalue weighted by atomic mass is 9.89. The number of sulfonamides is 1. The number of nitrogens with one attached hydrogen (secondary N) is 1. The molecule has 7 nitrogen and oxygen atoms in total. The van der Waals surface area contributed by atoms with Gasteiger partial charge in [-0.3, -0.25) is 9.89 Å². The van der Waals surface area contributed by atoms with E-state index in [-0.39, 0.29) is 23.9 Å². The van der Waals surface area contributed by atoms with Gasteiger partial charge in [0.2, 0.25) is 10.0 Å². The highest BCUT2D eigenvalue weighted by Crippen LogP contribution is 2.31. The third-order valence-corrected chi connectivity index (χ3v) is 5.73. The second-order valence-electron chi connectivity index (χ2n) is 4.97. The summed E-state index contributed by atoms with van der Waals surface area (Å²) < 4.78 is 26.1. The van der Waals surface area contributed by atoms with Crippen molar-refractivity contribution in [3.63, 3.8) is 0 Å². The van der Waals surface area contributed by atoms with Crippen LogP contribution < -0.4 is 0 Å². The van der Waals surface area contributed by atoms with Gasteiger partial charge in [-0.25, -0.2) is 8.42 Å². The summed E-state index contributed by atoms with van der Waals surface area (Å²) in [5.74, 6) is -1.55. The molecule has 0 saturated carbocycles. The van der Waals surface area contributed by atoms with Crippen molar-refractivity contribution < 1.29 is 18.3 Å². The van der Waals surface area contributed by atoms with Gasteiger partial charge in [0, 0.05) is 13.1 Å². The highest BCUT2D eigenvalue weighted by molar-refractivity contribution is 7.89. The SMILES string of the molecule is Cc1n[nH]c(C)c1S(=O)(=O)N1CC(C(C)C(=O)O)C1. The minimum atomic E-state index is -3.57. The molecule has 1 aliphatic heterocycles. The monoisotopic (exact) mass is 287 g/mol. The van der Waals surface area contributed by atoms with E-state index in [0.29, 0.717) is 11.4 Å². The molecule has 0 amide bonds. The van der Waals surface area contributed by atoms with Gasteiger partial charge in [-0.1, -0.05) is 6.92 Å². The number of hydrogen-bond acceptors (Lipinski definition) is 4. The number of rotatable bonds is 4. The fourth-order valence-electron chi connectivity index (χ4n) is 2.23. The maximum absolute atomic E-state index is 12.4. The third kappa shape index (κ3) is 2.25. The lowest BCUT2D eigenvalue weighted by molar-refractivity contribution is -0.144. The van der Waals surface area contributed by atoms with Crippen molar-refractivity contribution in [3.8, 4) is 0 Å². The average Bonchev–Trinajstić information content (AvgIpc) is 2.55. The molecular formula is C11H17N3O4S. The summed E-state index contributed by atoms with van der Waals surface area (Å²) in [4.78, 5) is 11.0. The predicted octanol–water partition coefficient (Wildman–Crippen LogP) is 0.368. The molecule has 0 bridgehead atoms. The minimum absolute atomic E-state index is 0.125. The molecule has 1 fully saturated rings. The molecular weight excluding hydrogens is 270 g/mol. The van der Waals surface area contributed by atoms with Gasteiger partial charge in [-0.2, -0.15) is 9.40 Å². The Balaban J connectivity index is 2.15. The van der Waals surface area contributed by atoms with Gasteiger partial charge in [0.25, 0.3) is 0 Å². The Morgan fingerprint density at radius 2 is 2.05 bits per heavy atom. The van der Waals surface area contributed by atoms with Crippen molar-refractivity contribution >= 4 is 16.0 Å². The molecule has 1 aromatic rings. The lowest BCUT2D eigenvalue weighted by Crippen LogP contribution is -2.53. The fourth-order valence-corrected chi connectivity index (χ4v) is 4.12. The van der Waals surface area contributed by atoms with Crippen LogP contribution in [-0.4, -0.2) is 47.1 Å². The van der Waals surface area contributed by atoms with E-state index >= 15 is 0 Å². The van der Waals surface area contributed by atoms with Crippen molar-refractivity contribution in [3.05, 3.63) is 11.4 Å². The highest BCUT2D eigenvalue weighted by atomic mass is 32.2. The van der Waals surface area contributed by atoms with Crippen LogP contribution in [0.15, 0.2) is 4.90 Å². The maximum Gasteiger partial charge on any atom is 0.306 e. The van der Waals surface area contributed by atoms with Gasteiger partial charge >= 0.3 is 5.97 Å². The van der Waals surface area contributed by atoms with Crippen LogP contribution in [-0.2, 0) is 14.8 Å². The van der Waals surface area contributed by atoms with E-state index in [1.165, 1.54) is 4.31 Å². The number of carbonyl (C=O) groups is 1. The largest absolute Gasteiger partial charge is 0.481 e. The van der Waals surface area contributed by atoms with E-state index in [1.54, 1.807) is 20.8 Å². The second-order valence-corrected chi connectivity index (χ2v) is 6.85. The first-order chi connectivity index (χ1) is 8.75. The van der Waals surface area contributed by atoms with E-state index in [9.17, 15) is 13.2 Å². The fraction of sp³-hybridized carbons (Fsp3) is 0.636. The first kappa shape index (κ1) is 14.0. The van der Waals surface area contributed by atoms with Crippen LogP contribution in [0.4, 0.5) is 0 Å². The second kappa shape index (κ2) is 4.61. The molecule has 1 saturated heterocycles. The molecule has 106 valence electrons. The molecule has 1 atom stereocenters. The van der Waals surface area contributed by atoms with Crippen molar-refractivity contribution in [1.29, 1.82) is 0 Å². The smallest absolute Gasteiger partial charge is 0.306 e. The number of aromatic amines is 1. The van der Waals surface area contributed by atoms with E-state index in [0.717, 1.165) is 0 Å². The molecule has 0 aliphatic carbocycles. The molecule has 0 aromatic carbocycles. The van der Waals surface area contributed by atoms with Crippen molar-refractivity contribution in [2.24, 2.45) is 11.8 Å². The standard InChI is InChI=1S/C11H17N3O4S/c1-6(11(15)16)9-4-14(5-9)19(17,18)10-7(2)12-13-8(10)3/h6,9H,4-5H2,1-3H3,(H,12,13)(H,15,16). The summed E-state index contributed by atoms with van der Waals surface area (Å²) in [5.41, 5.74) is 0.944. The zero-order valence-corrected chi connectivity index (χ0v) is 11.9. The van der Waals surface area contributed by atoms with Crippen LogP contribution in [0.25, 0.3) is 0 Å². The number of nitrogens with zero attached hydrogens (tertiary/aromatic N) is 2. The summed E-state index contributed by atoms with van der Waals surface area (Å²) in [7, 11) is -3.57. The molecule has 1 aromatic heterocycles. The van der Waals surface area contributed by atoms with E-state index in [2.05, 4.69) is 10.2 Å². The van der Waals surface area contributed by atoms with Gasteiger partial charge in [0.15, 0.2) is 0 Å². The predicted molar refractivity (Wildman–Crippen MR) is 67.1 cm³/mol. The van der Waals surface area contributed by atoms with Crippen LogP contribution in [0.5, 0.6) is 0 Å². The summed E-state index contributed by atoms with van der Waals surface area (Å²) in [6.07, 6.45) is 0. The number of carboxylic acid groups (broad SMARTS) is 1. The van der Waals surface area contributed by atoms with Crippen molar-refractivity contribution in [1.82, 2.24) is 14.5 Å². The normalized spacial score (nSPS) is 19.1. The molecule has 2 heterocycles. The Hall–Kier alpha value is -1.41. The summed E-state index contributed by atoms with van der Waals surface area (Å²) in [6.45, 7) is 5.39. The Morgan fingerprint density at radius 3 is 2.47 bits per heavy atom. The maximum atomic E-state index is 12.4. The zero-order valence-electron chi connectivity index (χ0n) is 11.0. The van der Waals surface area contributed by atoms with E-state index in [1.807, 2.05) is 0 Å². The Morgan fingerprint density at radius 1 is 1.47 bits per heavy atom. The van der Waals surface area contributed by atoms with Gasteiger partial charge in [0.05, 0.1) is 17.3 Å². The minimum Gasteiger partial charge on any atom is -0.481 e. The molecule has 2 N–H and O–H groups in total. The van der Waals surface area contributed by atoms with Crippen molar-refractivity contribution in [2.45, 2.75) is 25.7 Å². The molecule has 0 spiro atoms. The molecule has 1 aliphatic rings. The van der Waals surface area contributed by atoms with Crippen LogP contribution in [0.2, 0.25) is 0 Å². The summed E-state index contributed by atoms with van der Waals surface area (Å²) in [5, 5.41) is 15.4. The topological polar surface area (TPSA) is 103 Å². The first-order valence-corrected chi connectivity index (χ1v) is 7.43. The van der Waals surface area contributed by atoms with Crippen LogP contribution in [0.1, 0.15) is 18.3 Å². The number of carboxylic acids is 1. The van der Waals surface area contributed by atoms with Crippen LogP contribution >= 0.6 is 0 Å². The quantitative estimate of drug-likeness (QED) is 0.832. The Labute approximate surface area is 111 Å². The Bertz CT molecular complexity index is 582. The Kier molecular flexibility index (Phi) is 3.40. The number of hydrogen-bond donors (Lipinski definition) is 2. The summed E-state index contributed by atoms with van der Waals surface area (Å²) >= 11 is 0. The average molecular weight is 287 g/mol. The summed E-state index contributed by atoms with van der Waals surface area (Å²) in [6, 6.07) is 0. The molecule has 1 unspecified atom stereocenters. The molecule has 19 heavy (non-hydrogen) atoms.